The molecule has 214 valence electrons. The van der Waals surface area contributed by atoms with Gasteiger partial charge in [-0.1, -0.05) is 62.3 Å². The molecule has 42 heavy (non-hydrogen) atoms. The normalized spacial score (nSPS) is 17.7. The minimum Gasteiger partial charge on any atom is -0.871 e. The number of nitrogens with zero attached hydrogens (tertiary/aromatic N) is 2. The molecular weight excluding hydrogens is 524 g/mol. The minimum absolute atomic E-state index is 0.179. The Balaban J connectivity index is 1.46. The van der Waals surface area contributed by atoms with Crippen LogP contribution in [0.1, 0.15) is 69.3 Å². The van der Waals surface area contributed by atoms with Crippen LogP contribution in [0.5, 0.6) is 0 Å². The number of allylic oxidation sites excluding steroid dienone is 3. The molecule has 0 spiro atoms. The number of hydrogen-bond acceptors (Lipinski definition) is 3. The molecule has 0 bridgehead atoms. The topological polar surface area (TPSA) is 85.4 Å². The van der Waals surface area contributed by atoms with E-state index in [0.29, 0.717) is 6.54 Å². The summed E-state index contributed by atoms with van der Waals surface area (Å²) in [6, 6.07) is 17.6. The van der Waals surface area contributed by atoms with Gasteiger partial charge in [-0.05, 0) is 56.9 Å². The third-order valence-corrected chi connectivity index (χ3v) is 8.97. The number of aromatic carboxylic acids is 1. The summed E-state index contributed by atoms with van der Waals surface area (Å²) in [6.45, 7) is 9.67. The van der Waals surface area contributed by atoms with E-state index < -0.39 is 11.4 Å². The van der Waals surface area contributed by atoms with Gasteiger partial charge in [0.2, 0.25) is 5.69 Å². The maximum absolute atomic E-state index is 13.6. The number of rotatable bonds is 9. The van der Waals surface area contributed by atoms with E-state index in [9.17, 15) is 19.8 Å². The molecule has 6 heteroatoms. The summed E-state index contributed by atoms with van der Waals surface area (Å²) < 4.78 is 4.34. The SMILES string of the molecule is CCCCCCn1c(=CC2=C([O-])C(=CC3=[N+](CC)c4ccc(C(=O)O)cc4C3(C)C)C2=O)c2cccc3cccc1c32. The molecule has 0 saturated carbocycles. The fraction of sp³-hybridized carbons (Fsp3) is 0.306. The van der Waals surface area contributed by atoms with E-state index in [2.05, 4.69) is 46.4 Å². The number of ketones is 1. The minimum atomic E-state index is -0.982. The maximum atomic E-state index is 13.6. The smallest absolute Gasteiger partial charge is 0.335 e. The molecule has 1 N–H and O–H groups in total. The lowest BCUT2D eigenvalue weighted by Crippen LogP contribution is -2.34. The monoisotopic (exact) mass is 560 g/mol. The Morgan fingerprint density at radius 3 is 2.48 bits per heavy atom. The summed E-state index contributed by atoms with van der Waals surface area (Å²) in [4.78, 5) is 25.2. The van der Waals surface area contributed by atoms with E-state index in [0.717, 1.165) is 69.8 Å². The Hall–Kier alpha value is -4.45. The Morgan fingerprint density at radius 1 is 1.02 bits per heavy atom. The van der Waals surface area contributed by atoms with E-state index in [1.54, 1.807) is 24.3 Å². The molecule has 2 heterocycles. The third kappa shape index (κ3) is 4.20. The van der Waals surface area contributed by atoms with Gasteiger partial charge in [-0.3, -0.25) is 4.79 Å². The number of carboxylic acids is 1. The Morgan fingerprint density at radius 2 is 1.79 bits per heavy atom. The van der Waals surface area contributed by atoms with Crippen LogP contribution < -0.4 is 10.5 Å². The molecule has 1 aliphatic carbocycles. The molecule has 1 aliphatic heterocycles. The highest BCUT2D eigenvalue weighted by Crippen LogP contribution is 2.42. The van der Waals surface area contributed by atoms with Crippen molar-refractivity contribution in [2.45, 2.75) is 65.3 Å². The van der Waals surface area contributed by atoms with Gasteiger partial charge in [0.25, 0.3) is 0 Å². The molecule has 0 amide bonds. The molecule has 0 fully saturated rings. The van der Waals surface area contributed by atoms with Crippen molar-refractivity contribution in [2.24, 2.45) is 0 Å². The Bertz CT molecular complexity index is 1930. The summed E-state index contributed by atoms with van der Waals surface area (Å²) >= 11 is 0. The number of carbonyl (C=O) groups excluding carboxylic acids is 1. The van der Waals surface area contributed by atoms with Gasteiger partial charge < -0.3 is 14.8 Å². The molecule has 1 aromatic heterocycles. The zero-order valence-corrected chi connectivity index (χ0v) is 24.7. The van der Waals surface area contributed by atoms with E-state index in [1.165, 1.54) is 6.42 Å². The standard InChI is InChI=1S/C36H36N2O4/c1-5-7-8-9-18-38-29-15-11-13-22-12-10-14-24(32(22)29)30(38)20-25-33(39)26(34(25)40)21-31-36(3,4)27-19-23(35(41)42)16-17-28(27)37(31)6-2/h10-17,19-21H,5-9,18H2,1-4H3,(H-,39,40,41,42). The van der Waals surface area contributed by atoms with Gasteiger partial charge in [-0.15, -0.1) is 0 Å². The average Bonchev–Trinajstić information content (AvgIpc) is 3.40. The molecule has 0 radical (unpaired) electrons. The first kappa shape index (κ1) is 27.7. The number of hydrogen-bond donors (Lipinski definition) is 1. The van der Waals surface area contributed by atoms with E-state index in [-0.39, 0.29) is 28.3 Å². The van der Waals surface area contributed by atoms with Gasteiger partial charge in [0.15, 0.2) is 11.5 Å². The quantitative estimate of drug-likeness (QED) is 0.159. The summed E-state index contributed by atoms with van der Waals surface area (Å²) in [5.41, 5.74) is 3.76. The van der Waals surface area contributed by atoms with Crippen LogP contribution in [0.4, 0.5) is 5.69 Å². The predicted molar refractivity (Wildman–Crippen MR) is 165 cm³/mol. The second-order valence-electron chi connectivity index (χ2n) is 11.8. The number of carbonyl (C=O) groups is 2. The van der Waals surface area contributed by atoms with Crippen LogP contribution in [0.15, 0.2) is 77.6 Å². The first-order valence-corrected chi connectivity index (χ1v) is 14.9. The zero-order chi connectivity index (χ0) is 29.8. The van der Waals surface area contributed by atoms with Crippen LogP contribution in [-0.4, -0.2) is 38.3 Å². The fourth-order valence-electron chi connectivity index (χ4n) is 6.71. The van der Waals surface area contributed by atoms with Gasteiger partial charge in [0, 0.05) is 57.0 Å². The first-order chi connectivity index (χ1) is 20.2. The van der Waals surface area contributed by atoms with Crippen molar-refractivity contribution >= 4 is 50.9 Å². The van der Waals surface area contributed by atoms with Gasteiger partial charge in [0.1, 0.15) is 6.54 Å². The van der Waals surface area contributed by atoms with Crippen molar-refractivity contribution in [1.82, 2.24) is 4.57 Å². The van der Waals surface area contributed by atoms with Crippen LogP contribution in [-0.2, 0) is 16.8 Å². The number of aromatic nitrogens is 1. The molecule has 6 rings (SSSR count). The molecule has 2 aliphatic rings. The highest BCUT2D eigenvalue weighted by Gasteiger charge is 2.45. The van der Waals surface area contributed by atoms with Crippen molar-refractivity contribution in [1.29, 1.82) is 0 Å². The lowest BCUT2D eigenvalue weighted by Gasteiger charge is -2.29. The lowest BCUT2D eigenvalue weighted by molar-refractivity contribution is -0.433. The lowest BCUT2D eigenvalue weighted by atomic mass is 9.78. The first-order valence-electron chi connectivity index (χ1n) is 14.9. The molecule has 6 nitrogen and oxygen atoms in total. The van der Waals surface area contributed by atoms with E-state index >= 15 is 0 Å². The Kier molecular flexibility index (Phi) is 6.88. The van der Waals surface area contributed by atoms with E-state index in [4.69, 9.17) is 0 Å². The maximum Gasteiger partial charge on any atom is 0.335 e. The second kappa shape index (κ2) is 10.4. The van der Waals surface area contributed by atoms with E-state index in [1.807, 2.05) is 32.9 Å². The van der Waals surface area contributed by atoms with Crippen LogP contribution in [0, 0.1) is 0 Å². The van der Waals surface area contributed by atoms with Gasteiger partial charge in [-0.25, -0.2) is 4.79 Å². The molecule has 0 unspecified atom stereocenters. The van der Waals surface area contributed by atoms with Crippen molar-refractivity contribution in [2.75, 3.05) is 6.54 Å². The summed E-state index contributed by atoms with van der Waals surface area (Å²) in [7, 11) is 0. The zero-order valence-electron chi connectivity index (χ0n) is 24.7. The number of fused-ring (bicyclic) bond motifs is 1. The Labute approximate surface area is 245 Å². The van der Waals surface area contributed by atoms with Gasteiger partial charge >= 0.3 is 5.97 Å². The summed E-state index contributed by atoms with van der Waals surface area (Å²) in [5, 5.41) is 27.4. The highest BCUT2D eigenvalue weighted by atomic mass is 16.4. The van der Waals surface area contributed by atoms with Crippen molar-refractivity contribution in [3.05, 3.63) is 94.1 Å². The predicted octanol–water partition coefficient (Wildman–Crippen LogP) is 5.79. The molecule has 0 atom stereocenters. The summed E-state index contributed by atoms with van der Waals surface area (Å²) in [5.74, 6) is -1.48. The van der Waals surface area contributed by atoms with Crippen molar-refractivity contribution in [3.8, 4) is 0 Å². The van der Waals surface area contributed by atoms with Crippen LogP contribution in [0.3, 0.4) is 0 Å². The van der Waals surface area contributed by atoms with Crippen molar-refractivity contribution < 1.29 is 24.4 Å². The summed E-state index contributed by atoms with van der Waals surface area (Å²) in [6.07, 6.45) is 8.02. The molecular formula is C36H36N2O4. The number of carboxylic acid groups (broad SMARTS) is 1. The van der Waals surface area contributed by atoms with Crippen molar-refractivity contribution in [3.63, 3.8) is 0 Å². The average molecular weight is 561 g/mol. The number of Topliss-reactive ketones (excluding diaryl/α,β-unsaturated/α-hetero) is 1. The van der Waals surface area contributed by atoms with Crippen LogP contribution in [0.25, 0.3) is 27.8 Å². The second-order valence-corrected chi connectivity index (χ2v) is 11.8. The molecule has 0 saturated heterocycles. The number of benzene rings is 3. The van der Waals surface area contributed by atoms with Gasteiger partial charge in [0.05, 0.1) is 11.0 Å². The molecule has 4 aromatic rings. The largest absolute Gasteiger partial charge is 0.871 e. The third-order valence-electron chi connectivity index (χ3n) is 8.97. The molecule has 3 aromatic carbocycles. The van der Waals surface area contributed by atoms with Gasteiger partial charge in [-0.2, -0.15) is 4.58 Å². The number of aryl methyl sites for hydroxylation is 1. The van der Waals surface area contributed by atoms with Crippen LogP contribution >= 0.6 is 0 Å². The number of unbranched alkanes of at least 4 members (excludes halogenated alkanes) is 3. The fourth-order valence-corrected chi connectivity index (χ4v) is 6.71. The highest BCUT2D eigenvalue weighted by molar-refractivity contribution is 6.26. The van der Waals surface area contributed by atoms with Crippen LogP contribution in [0.2, 0.25) is 0 Å².